The Bertz CT molecular complexity index is 974. The molecule has 30 heavy (non-hydrogen) atoms. The number of aryl methyl sites for hydroxylation is 1. The number of aromatic nitrogens is 2. The number of rotatable bonds is 8. The highest BCUT2D eigenvalue weighted by Crippen LogP contribution is 2.24. The lowest BCUT2D eigenvalue weighted by molar-refractivity contribution is -0.192. The Labute approximate surface area is 176 Å². The average molecular weight is 409 g/mol. The molecule has 158 valence electrons. The molecule has 1 aliphatic rings. The molecule has 2 aromatic heterocycles. The largest absolute Gasteiger partial charge is 0.497 e. The van der Waals surface area contributed by atoms with Crippen LogP contribution in [0, 0.1) is 0 Å². The van der Waals surface area contributed by atoms with Crippen molar-refractivity contribution in [3.8, 4) is 11.6 Å². The summed E-state index contributed by atoms with van der Waals surface area (Å²) in [6.07, 6.45) is 3.29. The summed E-state index contributed by atoms with van der Waals surface area (Å²) in [6, 6.07) is 13.9. The number of nitrogens with zero attached hydrogens (tertiary/aromatic N) is 2. The van der Waals surface area contributed by atoms with Crippen molar-refractivity contribution in [2.45, 2.75) is 31.7 Å². The summed E-state index contributed by atoms with van der Waals surface area (Å²) in [6.45, 7) is 1.86. The van der Waals surface area contributed by atoms with E-state index in [1.165, 1.54) is 5.56 Å². The van der Waals surface area contributed by atoms with Gasteiger partial charge in [-0.25, -0.2) is 4.98 Å². The fourth-order valence-corrected chi connectivity index (χ4v) is 3.55. The molecule has 4 rings (SSSR count). The Hall–Kier alpha value is -2.74. The molecule has 7 nitrogen and oxygen atoms in total. The van der Waals surface area contributed by atoms with Crippen LogP contribution in [-0.2, 0) is 22.4 Å². The van der Waals surface area contributed by atoms with Gasteiger partial charge in [0, 0.05) is 30.6 Å². The molecule has 3 aromatic rings. The summed E-state index contributed by atoms with van der Waals surface area (Å²) in [4.78, 5) is 8.85. The molecule has 0 bridgehead atoms. The third-order valence-electron chi connectivity index (χ3n) is 5.22. The second-order valence-corrected chi connectivity index (χ2v) is 7.24. The maximum absolute atomic E-state index is 5.93. The maximum Gasteiger partial charge on any atom is 0.213 e. The van der Waals surface area contributed by atoms with Crippen LogP contribution in [0.2, 0.25) is 0 Å². The van der Waals surface area contributed by atoms with E-state index in [1.807, 2.05) is 42.6 Å². The van der Waals surface area contributed by atoms with Crippen LogP contribution in [0.15, 0.2) is 48.7 Å². The normalized spacial score (nSPS) is 19.0. The first-order valence-corrected chi connectivity index (χ1v) is 10.1. The van der Waals surface area contributed by atoms with E-state index >= 15 is 0 Å². The van der Waals surface area contributed by atoms with Crippen LogP contribution in [0.3, 0.4) is 0 Å². The number of nitrogens with one attached hydrogen (secondary N) is 1. The molecule has 0 atom stereocenters. The lowest BCUT2D eigenvalue weighted by Crippen LogP contribution is -2.44. The summed E-state index contributed by atoms with van der Waals surface area (Å²) in [5.41, 5.74) is 3.11. The van der Waals surface area contributed by atoms with Crippen molar-refractivity contribution >= 4 is 10.9 Å². The minimum absolute atomic E-state index is 0.139. The van der Waals surface area contributed by atoms with Gasteiger partial charge in [0.25, 0.3) is 0 Å². The van der Waals surface area contributed by atoms with Gasteiger partial charge in [0.15, 0.2) is 6.29 Å². The minimum Gasteiger partial charge on any atom is -0.497 e. The first-order valence-electron chi connectivity index (χ1n) is 10.1. The number of methoxy groups -OCH3 is 2. The number of hydrogen-bond acceptors (Lipinski definition) is 7. The molecule has 1 saturated heterocycles. The van der Waals surface area contributed by atoms with E-state index in [2.05, 4.69) is 21.4 Å². The molecule has 0 spiro atoms. The van der Waals surface area contributed by atoms with Crippen molar-refractivity contribution in [2.24, 2.45) is 0 Å². The predicted octanol–water partition coefficient (Wildman–Crippen LogP) is 3.11. The quantitative estimate of drug-likeness (QED) is 0.613. The van der Waals surface area contributed by atoms with Crippen molar-refractivity contribution in [1.82, 2.24) is 15.3 Å². The lowest BCUT2D eigenvalue weighted by atomic mass is 10.0. The molecule has 0 unspecified atom stereocenters. The van der Waals surface area contributed by atoms with Gasteiger partial charge in [-0.05, 0) is 42.3 Å². The molecule has 3 heterocycles. The van der Waals surface area contributed by atoms with Gasteiger partial charge in [-0.15, -0.1) is 0 Å². The van der Waals surface area contributed by atoms with Gasteiger partial charge in [0.1, 0.15) is 5.75 Å². The zero-order valence-electron chi connectivity index (χ0n) is 17.3. The minimum atomic E-state index is -0.202. The van der Waals surface area contributed by atoms with Crippen molar-refractivity contribution in [2.75, 3.05) is 27.4 Å². The number of pyridine rings is 2. The van der Waals surface area contributed by atoms with E-state index in [-0.39, 0.29) is 12.3 Å². The first kappa shape index (κ1) is 20.5. The van der Waals surface area contributed by atoms with Crippen molar-refractivity contribution in [3.05, 3.63) is 59.9 Å². The standard InChI is InChI=1S/C23H27N3O4/c1-27-19-7-8-21-20(12-19)16(10-11-24-21)6-9-23-29-14-18(15-30-23)25-13-17-4-3-5-22(26-17)28-2/h3-5,7-8,10-12,18,23,25H,6,9,13-15H2,1-2H3/t18-,23-. The monoisotopic (exact) mass is 409 g/mol. The van der Waals surface area contributed by atoms with Gasteiger partial charge in [-0.1, -0.05) is 6.07 Å². The van der Waals surface area contributed by atoms with Crippen molar-refractivity contribution < 1.29 is 18.9 Å². The number of ether oxygens (including phenoxy) is 4. The van der Waals surface area contributed by atoms with Crippen LogP contribution >= 0.6 is 0 Å². The molecule has 1 aromatic carbocycles. The highest BCUT2D eigenvalue weighted by Gasteiger charge is 2.22. The molecule has 0 amide bonds. The fraction of sp³-hybridized carbons (Fsp3) is 0.391. The lowest BCUT2D eigenvalue weighted by Gasteiger charge is -2.30. The SMILES string of the molecule is COc1ccc2nccc(CC[C@H]3OC[C@H](NCc4cccc(OC)n4)CO3)c2c1. The molecule has 0 radical (unpaired) electrons. The van der Waals surface area contributed by atoms with Crippen LogP contribution in [0.5, 0.6) is 11.6 Å². The van der Waals surface area contributed by atoms with Crippen LogP contribution in [0.4, 0.5) is 0 Å². The van der Waals surface area contributed by atoms with Gasteiger partial charge in [-0.3, -0.25) is 4.98 Å². The van der Waals surface area contributed by atoms with E-state index < -0.39 is 0 Å². The van der Waals surface area contributed by atoms with Gasteiger partial charge >= 0.3 is 0 Å². The highest BCUT2D eigenvalue weighted by atomic mass is 16.7. The topological polar surface area (TPSA) is 74.7 Å². The fourth-order valence-electron chi connectivity index (χ4n) is 3.55. The number of benzene rings is 1. The molecule has 0 saturated carbocycles. The Balaban J connectivity index is 1.27. The average Bonchev–Trinajstić information content (AvgIpc) is 2.81. The van der Waals surface area contributed by atoms with Gasteiger partial charge in [0.05, 0.1) is 44.7 Å². The third-order valence-corrected chi connectivity index (χ3v) is 5.22. The summed E-state index contributed by atoms with van der Waals surface area (Å²) in [7, 11) is 3.30. The highest BCUT2D eigenvalue weighted by molar-refractivity contribution is 5.83. The van der Waals surface area contributed by atoms with Crippen LogP contribution in [0.1, 0.15) is 17.7 Å². The number of hydrogen-bond donors (Lipinski definition) is 1. The number of fused-ring (bicyclic) bond motifs is 1. The van der Waals surface area contributed by atoms with Crippen LogP contribution in [-0.4, -0.2) is 49.7 Å². The van der Waals surface area contributed by atoms with Gasteiger partial charge in [0.2, 0.25) is 5.88 Å². The van der Waals surface area contributed by atoms with Crippen LogP contribution < -0.4 is 14.8 Å². The van der Waals surface area contributed by atoms with Gasteiger partial charge in [-0.2, -0.15) is 0 Å². The Morgan fingerprint density at radius 1 is 1.07 bits per heavy atom. The van der Waals surface area contributed by atoms with Crippen LogP contribution in [0.25, 0.3) is 10.9 Å². The molecular formula is C23H27N3O4. The first-order chi connectivity index (χ1) is 14.7. The molecular weight excluding hydrogens is 382 g/mol. The molecule has 1 aliphatic heterocycles. The molecule has 1 fully saturated rings. The summed E-state index contributed by atoms with van der Waals surface area (Å²) >= 11 is 0. The zero-order chi connectivity index (χ0) is 20.8. The van der Waals surface area contributed by atoms with E-state index in [1.54, 1.807) is 14.2 Å². The van der Waals surface area contributed by atoms with Crippen molar-refractivity contribution in [1.29, 1.82) is 0 Å². The predicted molar refractivity (Wildman–Crippen MR) is 114 cm³/mol. The molecule has 0 aliphatic carbocycles. The van der Waals surface area contributed by atoms with Crippen molar-refractivity contribution in [3.63, 3.8) is 0 Å². The van der Waals surface area contributed by atoms with E-state index in [9.17, 15) is 0 Å². The Kier molecular flexibility index (Phi) is 6.74. The Morgan fingerprint density at radius 3 is 2.73 bits per heavy atom. The summed E-state index contributed by atoms with van der Waals surface area (Å²) in [5, 5.41) is 4.54. The zero-order valence-corrected chi connectivity index (χ0v) is 17.3. The van der Waals surface area contributed by atoms with Gasteiger partial charge < -0.3 is 24.3 Å². The molecule has 1 N–H and O–H groups in total. The summed E-state index contributed by atoms with van der Waals surface area (Å²) < 4.78 is 22.4. The van der Waals surface area contributed by atoms with E-state index in [4.69, 9.17) is 18.9 Å². The Morgan fingerprint density at radius 2 is 1.93 bits per heavy atom. The van der Waals surface area contributed by atoms with E-state index in [0.717, 1.165) is 35.2 Å². The third kappa shape index (κ3) is 5.05. The summed E-state index contributed by atoms with van der Waals surface area (Å²) in [5.74, 6) is 1.45. The smallest absolute Gasteiger partial charge is 0.213 e. The second kappa shape index (κ2) is 9.84. The molecule has 7 heteroatoms. The second-order valence-electron chi connectivity index (χ2n) is 7.24. The maximum atomic E-state index is 5.93. The van der Waals surface area contributed by atoms with E-state index in [0.29, 0.717) is 25.6 Å².